The summed E-state index contributed by atoms with van der Waals surface area (Å²) in [5.41, 5.74) is 7.46. The van der Waals surface area contributed by atoms with Gasteiger partial charge in [-0.1, -0.05) is 42.7 Å². The van der Waals surface area contributed by atoms with Crippen LogP contribution in [0.2, 0.25) is 0 Å². The predicted octanol–water partition coefficient (Wildman–Crippen LogP) is 4.96. The van der Waals surface area contributed by atoms with Crippen LogP contribution in [0.4, 0.5) is 0 Å². The Morgan fingerprint density at radius 2 is 1.38 bits per heavy atom. The van der Waals surface area contributed by atoms with Crippen molar-refractivity contribution in [2.45, 2.75) is 66.2 Å². The van der Waals surface area contributed by atoms with Gasteiger partial charge in [0.15, 0.2) is 11.6 Å². The molecule has 26 heavy (non-hydrogen) atoms. The van der Waals surface area contributed by atoms with Crippen LogP contribution in [0, 0.1) is 30.6 Å². The highest BCUT2D eigenvalue weighted by atomic mass is 16.2. The second-order valence-electron chi connectivity index (χ2n) is 8.74. The lowest BCUT2D eigenvalue weighted by Crippen LogP contribution is -2.24. The van der Waals surface area contributed by atoms with Crippen LogP contribution in [0.15, 0.2) is 23.3 Å². The molecule has 0 saturated heterocycles. The first-order chi connectivity index (χ1) is 12.4. The summed E-state index contributed by atoms with van der Waals surface area (Å²) in [6.07, 6.45) is 3.94. The number of allylic oxidation sites excluding steroid dienone is 2. The van der Waals surface area contributed by atoms with E-state index in [1.807, 2.05) is 0 Å². The monoisotopic (exact) mass is 350 g/mol. The fourth-order valence-corrected chi connectivity index (χ4v) is 6.40. The van der Waals surface area contributed by atoms with Crippen molar-refractivity contribution in [2.24, 2.45) is 23.7 Å². The number of benzene rings is 1. The molecule has 2 nitrogen and oxygen atoms in total. The maximum absolute atomic E-state index is 13.5. The highest BCUT2D eigenvalue weighted by Crippen LogP contribution is 2.62. The van der Waals surface area contributed by atoms with Crippen LogP contribution in [-0.2, 0) is 22.4 Å². The first-order valence-electron chi connectivity index (χ1n) is 10.3. The summed E-state index contributed by atoms with van der Waals surface area (Å²) in [4.78, 5) is 27.1. The summed E-state index contributed by atoms with van der Waals surface area (Å²) in [7, 11) is 0. The minimum Gasteiger partial charge on any atom is -0.298 e. The molecule has 4 rings (SSSR count). The molecule has 2 heteroatoms. The van der Waals surface area contributed by atoms with Crippen molar-refractivity contribution in [3.05, 3.63) is 45.5 Å². The minimum atomic E-state index is -0.502. The van der Waals surface area contributed by atoms with E-state index in [4.69, 9.17) is 0 Å². The van der Waals surface area contributed by atoms with E-state index in [-0.39, 0.29) is 23.4 Å². The van der Waals surface area contributed by atoms with Gasteiger partial charge < -0.3 is 0 Å². The van der Waals surface area contributed by atoms with E-state index < -0.39 is 5.92 Å². The van der Waals surface area contributed by atoms with E-state index in [0.29, 0.717) is 11.8 Å². The van der Waals surface area contributed by atoms with E-state index in [2.05, 4.69) is 46.8 Å². The van der Waals surface area contributed by atoms with Crippen molar-refractivity contribution in [3.63, 3.8) is 0 Å². The number of carbonyl (C=O) groups is 2. The third kappa shape index (κ3) is 2.23. The zero-order valence-electron chi connectivity index (χ0n) is 16.7. The normalized spacial score (nSPS) is 32.5. The number of hydrogen-bond donors (Lipinski definition) is 0. The molecule has 4 unspecified atom stereocenters. The summed E-state index contributed by atoms with van der Waals surface area (Å²) >= 11 is 0. The SMILES string of the molecule is CCc1cc(C)cc(CC)c1C1C(=O)C2C3CCC(C3=C(C)C)C2C1=O. The summed E-state index contributed by atoms with van der Waals surface area (Å²) in [6, 6.07) is 4.36. The molecule has 0 aliphatic heterocycles. The predicted molar refractivity (Wildman–Crippen MR) is 104 cm³/mol. The molecule has 1 aromatic rings. The molecule has 3 aliphatic carbocycles. The maximum atomic E-state index is 13.5. The molecule has 1 aromatic carbocycles. The van der Waals surface area contributed by atoms with Gasteiger partial charge in [-0.3, -0.25) is 9.59 Å². The van der Waals surface area contributed by atoms with Crippen LogP contribution in [0.5, 0.6) is 0 Å². The molecular weight excluding hydrogens is 320 g/mol. The van der Waals surface area contributed by atoms with Gasteiger partial charge in [0.1, 0.15) is 5.92 Å². The van der Waals surface area contributed by atoms with Crippen molar-refractivity contribution in [1.82, 2.24) is 0 Å². The van der Waals surface area contributed by atoms with Gasteiger partial charge in [-0.25, -0.2) is 0 Å². The van der Waals surface area contributed by atoms with Gasteiger partial charge in [-0.05, 0) is 75.0 Å². The highest BCUT2D eigenvalue weighted by Gasteiger charge is 2.64. The van der Waals surface area contributed by atoms with Gasteiger partial charge in [0, 0.05) is 11.8 Å². The van der Waals surface area contributed by atoms with Gasteiger partial charge in [-0.15, -0.1) is 0 Å². The molecule has 3 fully saturated rings. The van der Waals surface area contributed by atoms with Crippen molar-refractivity contribution >= 4 is 11.6 Å². The Balaban J connectivity index is 1.83. The third-order valence-electron chi connectivity index (χ3n) is 7.19. The lowest BCUT2D eigenvalue weighted by molar-refractivity contribution is -0.125. The number of Topliss-reactive ketones (excluding diaryl/α,β-unsaturated/α-hetero) is 2. The summed E-state index contributed by atoms with van der Waals surface area (Å²) in [5, 5.41) is 0. The molecule has 0 amide bonds. The van der Waals surface area contributed by atoms with Crippen LogP contribution in [-0.4, -0.2) is 11.6 Å². The average molecular weight is 351 g/mol. The van der Waals surface area contributed by atoms with Crippen LogP contribution >= 0.6 is 0 Å². The van der Waals surface area contributed by atoms with Gasteiger partial charge in [-0.2, -0.15) is 0 Å². The van der Waals surface area contributed by atoms with E-state index in [1.54, 1.807) is 0 Å². The molecule has 0 N–H and O–H groups in total. The molecule has 3 saturated carbocycles. The Morgan fingerprint density at radius 3 is 1.77 bits per heavy atom. The van der Waals surface area contributed by atoms with Crippen LogP contribution in [0.1, 0.15) is 68.7 Å². The molecule has 0 heterocycles. The first-order valence-corrected chi connectivity index (χ1v) is 10.3. The lowest BCUT2D eigenvalue weighted by Gasteiger charge is -2.21. The molecule has 3 aliphatic rings. The molecule has 2 bridgehead atoms. The van der Waals surface area contributed by atoms with Crippen molar-refractivity contribution in [3.8, 4) is 0 Å². The van der Waals surface area contributed by atoms with E-state index >= 15 is 0 Å². The summed E-state index contributed by atoms with van der Waals surface area (Å²) in [5.74, 6) is 0.503. The lowest BCUT2D eigenvalue weighted by atomic mass is 9.81. The molecule has 4 atom stereocenters. The Hall–Kier alpha value is -1.70. The van der Waals surface area contributed by atoms with E-state index in [1.165, 1.54) is 27.8 Å². The molecule has 0 aromatic heterocycles. The standard InChI is InChI=1S/C24H30O2/c1-6-14-10-13(5)11-15(7-2)19(14)22-23(25)20-16-8-9-17(18(16)12(3)4)21(20)24(22)26/h10-11,16-17,20-22H,6-9H2,1-5H3. The molecule has 0 spiro atoms. The van der Waals surface area contributed by atoms with Crippen molar-refractivity contribution in [1.29, 1.82) is 0 Å². The van der Waals surface area contributed by atoms with E-state index in [9.17, 15) is 9.59 Å². The average Bonchev–Trinajstić information content (AvgIpc) is 3.25. The number of rotatable bonds is 3. The molecule has 0 radical (unpaired) electrons. The topological polar surface area (TPSA) is 34.1 Å². The van der Waals surface area contributed by atoms with Crippen LogP contribution < -0.4 is 0 Å². The largest absolute Gasteiger partial charge is 0.298 e. The second-order valence-corrected chi connectivity index (χ2v) is 8.74. The third-order valence-corrected chi connectivity index (χ3v) is 7.19. The molecular formula is C24H30O2. The van der Waals surface area contributed by atoms with E-state index in [0.717, 1.165) is 31.2 Å². The Kier molecular flexibility index (Phi) is 4.21. The number of ketones is 2. The van der Waals surface area contributed by atoms with Gasteiger partial charge >= 0.3 is 0 Å². The van der Waals surface area contributed by atoms with Crippen LogP contribution in [0.25, 0.3) is 0 Å². The Morgan fingerprint density at radius 1 is 0.923 bits per heavy atom. The fourth-order valence-electron chi connectivity index (χ4n) is 6.40. The maximum Gasteiger partial charge on any atom is 0.152 e. The highest BCUT2D eigenvalue weighted by molar-refractivity contribution is 6.17. The zero-order valence-corrected chi connectivity index (χ0v) is 16.7. The zero-order chi connectivity index (χ0) is 18.7. The number of hydrogen-bond acceptors (Lipinski definition) is 2. The van der Waals surface area contributed by atoms with Crippen LogP contribution in [0.3, 0.4) is 0 Å². The molecule has 138 valence electrons. The minimum absolute atomic E-state index is 0.0492. The Labute approximate surface area is 157 Å². The smallest absolute Gasteiger partial charge is 0.152 e. The van der Waals surface area contributed by atoms with Gasteiger partial charge in [0.05, 0.1) is 0 Å². The van der Waals surface area contributed by atoms with Crippen molar-refractivity contribution < 1.29 is 9.59 Å². The fraction of sp³-hybridized carbons (Fsp3) is 0.583. The number of carbonyl (C=O) groups excluding carboxylic acids is 2. The number of aryl methyl sites for hydroxylation is 3. The summed E-state index contributed by atoms with van der Waals surface area (Å²) < 4.78 is 0. The first kappa shape index (κ1) is 17.7. The number of fused-ring (bicyclic) bond motifs is 5. The quantitative estimate of drug-likeness (QED) is 0.570. The van der Waals surface area contributed by atoms with Gasteiger partial charge in [0.25, 0.3) is 0 Å². The summed E-state index contributed by atoms with van der Waals surface area (Å²) in [6.45, 7) is 10.7. The van der Waals surface area contributed by atoms with Crippen molar-refractivity contribution in [2.75, 3.05) is 0 Å². The van der Waals surface area contributed by atoms with Gasteiger partial charge in [0.2, 0.25) is 0 Å². The Bertz CT molecular complexity index is 768. The second kappa shape index (κ2) is 6.18.